The highest BCUT2D eigenvalue weighted by Crippen LogP contribution is 2.40. The van der Waals surface area contributed by atoms with Gasteiger partial charge in [-0.2, -0.15) is 0 Å². The number of hydrogen-bond acceptors (Lipinski definition) is 3. The Bertz CT molecular complexity index is 414. The molecule has 1 aromatic rings. The lowest BCUT2D eigenvalue weighted by Gasteiger charge is -2.41. The van der Waals surface area contributed by atoms with Gasteiger partial charge in [-0.15, -0.1) is 24.8 Å². The maximum absolute atomic E-state index is 6.45. The fourth-order valence-corrected chi connectivity index (χ4v) is 4.02. The number of nitrogens with zero attached hydrogens (tertiary/aromatic N) is 2. The SMILES string of the molecule is Cl.Cl.Clc1cnccc1[C@H](C1CCCCC1)N1CCNCC1. The Morgan fingerprint density at radius 2 is 1.82 bits per heavy atom. The zero-order valence-electron chi connectivity index (χ0n) is 12.8. The van der Waals surface area contributed by atoms with E-state index in [-0.39, 0.29) is 24.8 Å². The van der Waals surface area contributed by atoms with Crippen LogP contribution in [0.1, 0.15) is 43.7 Å². The fraction of sp³-hybridized carbons (Fsp3) is 0.688. The maximum Gasteiger partial charge on any atom is 0.0637 e. The van der Waals surface area contributed by atoms with Crippen molar-refractivity contribution in [3.8, 4) is 0 Å². The van der Waals surface area contributed by atoms with E-state index in [4.69, 9.17) is 11.6 Å². The summed E-state index contributed by atoms with van der Waals surface area (Å²) >= 11 is 6.45. The van der Waals surface area contributed by atoms with Gasteiger partial charge in [0.1, 0.15) is 0 Å². The van der Waals surface area contributed by atoms with Crippen LogP contribution in [0.15, 0.2) is 18.5 Å². The van der Waals surface area contributed by atoms with Gasteiger partial charge in [-0.05, 0) is 30.4 Å². The van der Waals surface area contributed by atoms with E-state index in [2.05, 4.69) is 21.3 Å². The first-order valence-corrected chi connectivity index (χ1v) is 8.28. The molecule has 0 unspecified atom stereocenters. The second-order valence-electron chi connectivity index (χ2n) is 6.03. The number of rotatable bonds is 3. The predicted octanol–water partition coefficient (Wildman–Crippen LogP) is 4.11. The van der Waals surface area contributed by atoms with Gasteiger partial charge < -0.3 is 5.32 Å². The lowest BCUT2D eigenvalue weighted by molar-refractivity contribution is 0.103. The van der Waals surface area contributed by atoms with Crippen molar-refractivity contribution < 1.29 is 0 Å². The van der Waals surface area contributed by atoms with Gasteiger partial charge in [-0.1, -0.05) is 30.9 Å². The van der Waals surface area contributed by atoms with Crippen molar-refractivity contribution in [1.82, 2.24) is 15.2 Å². The average Bonchev–Trinajstić information content (AvgIpc) is 2.52. The van der Waals surface area contributed by atoms with Crippen molar-refractivity contribution in [3.63, 3.8) is 0 Å². The van der Waals surface area contributed by atoms with Crippen LogP contribution in [0, 0.1) is 5.92 Å². The molecule has 1 N–H and O–H groups in total. The van der Waals surface area contributed by atoms with Crippen LogP contribution in [0.5, 0.6) is 0 Å². The van der Waals surface area contributed by atoms with Gasteiger partial charge in [-0.25, -0.2) is 0 Å². The molecule has 1 aliphatic carbocycles. The number of nitrogens with one attached hydrogen (secondary N) is 1. The van der Waals surface area contributed by atoms with Crippen LogP contribution in [-0.2, 0) is 0 Å². The molecule has 3 rings (SSSR count). The first kappa shape index (κ1) is 20.0. The van der Waals surface area contributed by atoms with Gasteiger partial charge in [-0.3, -0.25) is 9.88 Å². The van der Waals surface area contributed by atoms with E-state index in [9.17, 15) is 0 Å². The van der Waals surface area contributed by atoms with Crippen molar-refractivity contribution in [2.75, 3.05) is 26.2 Å². The molecule has 0 radical (unpaired) electrons. The molecule has 0 amide bonds. The highest BCUT2D eigenvalue weighted by Gasteiger charge is 2.32. The zero-order chi connectivity index (χ0) is 13.8. The molecule has 6 heteroatoms. The van der Waals surface area contributed by atoms with E-state index in [1.54, 1.807) is 6.20 Å². The van der Waals surface area contributed by atoms with Crippen LogP contribution in [0.3, 0.4) is 0 Å². The van der Waals surface area contributed by atoms with Crippen LogP contribution in [0.2, 0.25) is 5.02 Å². The van der Waals surface area contributed by atoms with Crippen LogP contribution in [0.4, 0.5) is 0 Å². The number of halogens is 3. The number of hydrogen-bond donors (Lipinski definition) is 1. The Hall–Kier alpha value is -0.0600. The van der Waals surface area contributed by atoms with Crippen molar-refractivity contribution in [2.24, 2.45) is 5.92 Å². The third-order valence-corrected chi connectivity index (χ3v) is 5.08. The van der Waals surface area contributed by atoms with Crippen LogP contribution in [-0.4, -0.2) is 36.1 Å². The van der Waals surface area contributed by atoms with E-state index in [1.165, 1.54) is 37.7 Å². The Balaban J connectivity index is 0.00000121. The van der Waals surface area contributed by atoms with Gasteiger partial charge in [0, 0.05) is 44.6 Å². The van der Waals surface area contributed by atoms with Crippen molar-refractivity contribution in [1.29, 1.82) is 0 Å². The number of piperazine rings is 1. The van der Waals surface area contributed by atoms with E-state index in [1.807, 2.05) is 6.20 Å². The standard InChI is InChI=1S/C16H24ClN3.2ClH/c17-15-12-19-7-6-14(15)16(13-4-2-1-3-5-13)20-10-8-18-9-11-20;;/h6-7,12-13,16,18H,1-5,8-11H2;2*1H/t16-;;/m0../s1. The molecule has 0 bridgehead atoms. The van der Waals surface area contributed by atoms with Gasteiger partial charge in [0.25, 0.3) is 0 Å². The first-order valence-electron chi connectivity index (χ1n) is 7.90. The molecule has 0 spiro atoms. The van der Waals surface area contributed by atoms with Crippen molar-refractivity contribution in [3.05, 3.63) is 29.0 Å². The summed E-state index contributed by atoms with van der Waals surface area (Å²) in [5.74, 6) is 0.752. The molecule has 1 atom stereocenters. The summed E-state index contributed by atoms with van der Waals surface area (Å²) in [5.41, 5.74) is 1.29. The Labute approximate surface area is 151 Å². The first-order chi connectivity index (χ1) is 9.86. The molecule has 126 valence electrons. The van der Waals surface area contributed by atoms with E-state index >= 15 is 0 Å². The molecule has 3 nitrogen and oxygen atoms in total. The highest BCUT2D eigenvalue weighted by atomic mass is 35.5. The molecule has 1 saturated heterocycles. The average molecular weight is 367 g/mol. The molecule has 2 heterocycles. The minimum absolute atomic E-state index is 0. The molecule has 22 heavy (non-hydrogen) atoms. The van der Waals surface area contributed by atoms with Gasteiger partial charge in [0.05, 0.1) is 5.02 Å². The van der Waals surface area contributed by atoms with E-state index < -0.39 is 0 Å². The molecule has 1 aliphatic heterocycles. The normalized spacial score (nSPS) is 21.5. The minimum atomic E-state index is 0. The smallest absolute Gasteiger partial charge is 0.0637 e. The van der Waals surface area contributed by atoms with Crippen LogP contribution < -0.4 is 5.32 Å². The number of pyridine rings is 1. The summed E-state index contributed by atoms with van der Waals surface area (Å²) in [5, 5.41) is 4.29. The summed E-state index contributed by atoms with van der Waals surface area (Å²) < 4.78 is 0. The Morgan fingerprint density at radius 3 is 2.45 bits per heavy atom. The molecule has 2 aliphatic rings. The zero-order valence-corrected chi connectivity index (χ0v) is 15.2. The molecule has 2 fully saturated rings. The second-order valence-corrected chi connectivity index (χ2v) is 6.43. The molecular weight excluding hydrogens is 341 g/mol. The maximum atomic E-state index is 6.45. The summed E-state index contributed by atoms with van der Waals surface area (Å²) in [6.45, 7) is 4.43. The largest absolute Gasteiger partial charge is 0.314 e. The fourth-order valence-electron chi connectivity index (χ4n) is 3.78. The minimum Gasteiger partial charge on any atom is -0.314 e. The quantitative estimate of drug-likeness (QED) is 0.872. The summed E-state index contributed by atoms with van der Waals surface area (Å²) in [6.07, 6.45) is 10.5. The lowest BCUT2D eigenvalue weighted by atomic mass is 9.80. The third-order valence-electron chi connectivity index (χ3n) is 4.76. The Kier molecular flexibility index (Phi) is 9.03. The summed E-state index contributed by atoms with van der Waals surface area (Å²) in [6, 6.07) is 2.61. The van der Waals surface area contributed by atoms with Gasteiger partial charge >= 0.3 is 0 Å². The molecule has 0 aromatic carbocycles. The van der Waals surface area contributed by atoms with Crippen molar-refractivity contribution >= 4 is 36.4 Å². The second kappa shape index (κ2) is 9.94. The summed E-state index contributed by atoms with van der Waals surface area (Å²) in [4.78, 5) is 6.79. The van der Waals surface area contributed by atoms with E-state index in [0.29, 0.717) is 6.04 Å². The van der Waals surface area contributed by atoms with Gasteiger partial charge in [0.15, 0.2) is 0 Å². The predicted molar refractivity (Wildman–Crippen MR) is 97.5 cm³/mol. The molecule has 1 saturated carbocycles. The number of aromatic nitrogens is 1. The monoisotopic (exact) mass is 365 g/mol. The summed E-state index contributed by atoms with van der Waals surface area (Å²) in [7, 11) is 0. The van der Waals surface area contributed by atoms with Gasteiger partial charge in [0.2, 0.25) is 0 Å². The highest BCUT2D eigenvalue weighted by molar-refractivity contribution is 6.31. The third kappa shape index (κ3) is 4.72. The lowest BCUT2D eigenvalue weighted by Crippen LogP contribution is -2.47. The van der Waals surface area contributed by atoms with E-state index in [0.717, 1.165) is 37.1 Å². The molecule has 1 aromatic heterocycles. The Morgan fingerprint density at radius 1 is 1.14 bits per heavy atom. The van der Waals surface area contributed by atoms with Crippen LogP contribution in [0.25, 0.3) is 0 Å². The topological polar surface area (TPSA) is 28.2 Å². The molecular formula is C16H26Cl3N3. The van der Waals surface area contributed by atoms with Crippen LogP contribution >= 0.6 is 36.4 Å². The van der Waals surface area contributed by atoms with Crippen molar-refractivity contribution in [2.45, 2.75) is 38.1 Å².